The quantitative estimate of drug-likeness (QED) is 0.367. The minimum atomic E-state index is -3.63. The molecule has 5 heteroatoms. The molecule has 0 aliphatic rings. The van der Waals surface area contributed by atoms with E-state index in [1.54, 1.807) is 0 Å². The topological polar surface area (TPSA) is 63.2 Å². The molecule has 0 amide bonds. The van der Waals surface area contributed by atoms with Crippen LogP contribution in [0.1, 0.15) is 0 Å². The molecule has 0 fully saturated rings. The van der Waals surface area contributed by atoms with Crippen LogP contribution in [-0.4, -0.2) is 16.3 Å². The van der Waals surface area contributed by atoms with Gasteiger partial charge in [0.1, 0.15) is 0 Å². The summed E-state index contributed by atoms with van der Waals surface area (Å²) in [6, 6.07) is 10.1. The standard InChI is InChI=1S/C6H5.Al.H3O3P/c1-2-4-6-5-3-1;;1-4(2)3/h1-5H;;4H,(H2,1,2,3)/q;+2;/p-2. The third-order valence-corrected chi connectivity index (χ3v) is 1.18. The molecule has 0 saturated carbocycles. The van der Waals surface area contributed by atoms with Crippen molar-refractivity contribution in [2.75, 3.05) is 0 Å². The van der Waals surface area contributed by atoms with Gasteiger partial charge < -0.3 is 14.4 Å². The van der Waals surface area contributed by atoms with Crippen LogP contribution in [-0.2, 0) is 4.57 Å². The summed E-state index contributed by atoms with van der Waals surface area (Å²) >= 11 is 2.63. The molecule has 0 spiro atoms. The fraction of sp³-hybridized carbons (Fsp3) is 0. The molecule has 0 N–H and O–H groups in total. The summed E-state index contributed by atoms with van der Waals surface area (Å²) in [5.41, 5.74) is 0. The Hall–Kier alpha value is -0.0975. The maximum absolute atomic E-state index is 8.52. The Morgan fingerprint density at radius 2 is 1.55 bits per heavy atom. The zero-order valence-electron chi connectivity index (χ0n) is 5.69. The van der Waals surface area contributed by atoms with Gasteiger partial charge >= 0.3 is 51.0 Å². The summed E-state index contributed by atoms with van der Waals surface area (Å²) in [7, 11) is -3.63. The fourth-order valence-electron chi connectivity index (χ4n) is 0.453. The molecule has 56 valence electrons. The molecule has 0 saturated heterocycles. The third-order valence-electron chi connectivity index (χ3n) is 0.800. The molecule has 1 aromatic carbocycles. The summed E-state index contributed by atoms with van der Waals surface area (Å²) in [6.45, 7) is 0. The summed E-state index contributed by atoms with van der Waals surface area (Å²) in [4.78, 5) is 17.0. The van der Waals surface area contributed by atoms with Crippen LogP contribution in [0.5, 0.6) is 0 Å². The van der Waals surface area contributed by atoms with E-state index < -0.39 is 8.25 Å². The Labute approximate surface area is 74.1 Å². The fourth-order valence-corrected chi connectivity index (χ4v) is 0.675. The van der Waals surface area contributed by atoms with Crippen molar-refractivity contribution in [1.29, 1.82) is 0 Å². The number of benzene rings is 1. The average Bonchev–Trinajstić information content (AvgIpc) is 1.87. The van der Waals surface area contributed by atoms with Crippen molar-refractivity contribution in [2.24, 2.45) is 0 Å². The van der Waals surface area contributed by atoms with Crippen molar-refractivity contribution in [1.82, 2.24) is 0 Å². The normalized spacial score (nSPS) is 8.82. The maximum atomic E-state index is 8.52. The van der Waals surface area contributed by atoms with E-state index in [2.05, 4.69) is 16.3 Å². The Kier molecular flexibility index (Phi) is 6.54. The summed E-state index contributed by atoms with van der Waals surface area (Å²) in [5, 5.41) is 0. The van der Waals surface area contributed by atoms with Crippen molar-refractivity contribution in [3.05, 3.63) is 30.3 Å². The van der Waals surface area contributed by atoms with Crippen LogP contribution in [0.2, 0.25) is 0 Å². The van der Waals surface area contributed by atoms with Gasteiger partial charge in [-0.25, -0.2) is 0 Å². The second-order valence-corrected chi connectivity index (χ2v) is 2.83. The summed E-state index contributed by atoms with van der Waals surface area (Å²) in [5.74, 6) is 0. The molecule has 0 heterocycles. The predicted molar refractivity (Wildman–Crippen MR) is 40.8 cm³/mol. The number of hydrogen-bond acceptors (Lipinski definition) is 3. The monoisotopic (exact) mass is 184 g/mol. The predicted octanol–water partition coefficient (Wildman–Crippen LogP) is -1.42. The van der Waals surface area contributed by atoms with Gasteiger partial charge in [0.05, 0.1) is 0 Å². The van der Waals surface area contributed by atoms with Gasteiger partial charge in [-0.15, -0.1) is 0 Å². The molecule has 1 aromatic rings. The van der Waals surface area contributed by atoms with Gasteiger partial charge in [-0.05, 0) is 0 Å². The van der Waals surface area contributed by atoms with E-state index in [0.29, 0.717) is 0 Å². The first-order valence-corrected chi connectivity index (χ1v) is 4.61. The van der Waals surface area contributed by atoms with E-state index in [-0.39, 0.29) is 0 Å². The second-order valence-electron chi connectivity index (χ2n) is 1.66. The van der Waals surface area contributed by atoms with Crippen LogP contribution in [0.15, 0.2) is 30.3 Å². The van der Waals surface area contributed by atoms with Crippen molar-refractivity contribution >= 4 is 29.0 Å². The molecule has 0 bridgehead atoms. The van der Waals surface area contributed by atoms with Gasteiger partial charge in [-0.3, -0.25) is 0 Å². The molecule has 0 unspecified atom stereocenters. The van der Waals surface area contributed by atoms with Crippen molar-refractivity contribution < 1.29 is 14.4 Å². The molecule has 0 atom stereocenters. The van der Waals surface area contributed by atoms with E-state index in [4.69, 9.17) is 14.4 Å². The van der Waals surface area contributed by atoms with Crippen LogP contribution < -0.4 is 14.2 Å². The first kappa shape index (κ1) is 10.9. The Balaban J connectivity index is 0.000000218. The Bertz CT molecular complexity index is 210. The van der Waals surface area contributed by atoms with Crippen molar-refractivity contribution in [3.8, 4) is 0 Å². The van der Waals surface area contributed by atoms with Crippen LogP contribution in [0, 0.1) is 0 Å². The van der Waals surface area contributed by atoms with E-state index in [0.717, 1.165) is 0 Å². The molecular weight excluding hydrogens is 178 g/mol. The first-order valence-electron chi connectivity index (χ1n) is 2.81. The number of hydrogen-bond donors (Lipinski definition) is 0. The third kappa shape index (κ3) is 9.90. The van der Waals surface area contributed by atoms with Gasteiger partial charge in [0.25, 0.3) is 0 Å². The van der Waals surface area contributed by atoms with Gasteiger partial charge in [-0.1, -0.05) is 8.25 Å². The van der Waals surface area contributed by atoms with Crippen LogP contribution >= 0.6 is 8.25 Å². The SMILES string of the molecule is O=[PH]([O-])[O-].[Al+2][c]1ccccc1. The zero-order chi connectivity index (χ0) is 8.69. The van der Waals surface area contributed by atoms with E-state index in [1.807, 2.05) is 30.3 Å². The molecule has 1 rings (SSSR count). The van der Waals surface area contributed by atoms with Crippen LogP contribution in [0.4, 0.5) is 0 Å². The molecule has 0 aliphatic heterocycles. The van der Waals surface area contributed by atoms with Crippen molar-refractivity contribution in [2.45, 2.75) is 0 Å². The van der Waals surface area contributed by atoms with E-state index in [1.165, 1.54) is 4.43 Å². The zero-order valence-corrected chi connectivity index (χ0v) is 7.84. The first-order chi connectivity index (χ1) is 5.13. The second kappa shape index (κ2) is 6.60. The minimum absolute atomic E-state index is 1.24. The van der Waals surface area contributed by atoms with Crippen LogP contribution in [0.25, 0.3) is 0 Å². The molecule has 0 aromatic heterocycles. The molecule has 11 heavy (non-hydrogen) atoms. The number of rotatable bonds is 0. The molecule has 0 aliphatic carbocycles. The average molecular weight is 184 g/mol. The van der Waals surface area contributed by atoms with Gasteiger partial charge in [0.2, 0.25) is 0 Å². The van der Waals surface area contributed by atoms with Crippen molar-refractivity contribution in [3.63, 3.8) is 0 Å². The Morgan fingerprint density at radius 1 is 1.18 bits per heavy atom. The molecular formula is C6H6AlO3P. The molecule has 3 nitrogen and oxygen atoms in total. The summed E-state index contributed by atoms with van der Waals surface area (Å²) < 4.78 is 9.76. The Morgan fingerprint density at radius 3 is 1.73 bits per heavy atom. The van der Waals surface area contributed by atoms with E-state index in [9.17, 15) is 0 Å². The summed E-state index contributed by atoms with van der Waals surface area (Å²) in [6.07, 6.45) is 0. The van der Waals surface area contributed by atoms with Gasteiger partial charge in [0.15, 0.2) is 0 Å². The van der Waals surface area contributed by atoms with E-state index >= 15 is 0 Å². The van der Waals surface area contributed by atoms with Gasteiger partial charge in [-0.2, -0.15) is 0 Å². The molecule has 0 radical (unpaired) electrons. The van der Waals surface area contributed by atoms with Gasteiger partial charge in [0, 0.05) is 0 Å². The van der Waals surface area contributed by atoms with Crippen LogP contribution in [0.3, 0.4) is 0 Å².